The standard InChI is InChI=1S/C19H22FNO6/c1-11(22)26-14-8-9-21-16(14)18(25-10-13-6-4-3-5-7-13)17(27-12(2)23)15(20)19(21)24/h3-7,14-18H,8-10H2,1-2H3/t14-,15+,16+,17+,18+/m0/s1. The number of carbonyl (C=O) groups is 3. The quantitative estimate of drug-likeness (QED) is 0.719. The van der Waals surface area contributed by atoms with E-state index in [1.54, 1.807) is 0 Å². The lowest BCUT2D eigenvalue weighted by atomic mass is 9.92. The van der Waals surface area contributed by atoms with E-state index < -0.39 is 48.4 Å². The third-order valence-corrected chi connectivity index (χ3v) is 4.77. The molecular formula is C19H22FNO6. The highest BCUT2D eigenvalue weighted by atomic mass is 19.1. The number of piperidine rings is 1. The average Bonchev–Trinajstić information content (AvgIpc) is 3.02. The summed E-state index contributed by atoms with van der Waals surface area (Å²) in [6.45, 7) is 2.81. The van der Waals surface area contributed by atoms with Gasteiger partial charge in [-0.3, -0.25) is 14.4 Å². The summed E-state index contributed by atoms with van der Waals surface area (Å²) in [5, 5.41) is 0. The maximum absolute atomic E-state index is 14.7. The van der Waals surface area contributed by atoms with E-state index in [-0.39, 0.29) is 13.2 Å². The molecule has 2 saturated heterocycles. The smallest absolute Gasteiger partial charge is 0.303 e. The maximum Gasteiger partial charge on any atom is 0.303 e. The van der Waals surface area contributed by atoms with Gasteiger partial charge < -0.3 is 19.1 Å². The van der Waals surface area contributed by atoms with Gasteiger partial charge in [0, 0.05) is 26.8 Å². The second-order valence-corrected chi connectivity index (χ2v) is 6.70. The van der Waals surface area contributed by atoms with Crippen LogP contribution in [0.3, 0.4) is 0 Å². The molecule has 5 atom stereocenters. The number of hydrogen-bond acceptors (Lipinski definition) is 6. The van der Waals surface area contributed by atoms with Gasteiger partial charge in [0.15, 0.2) is 6.10 Å². The Balaban J connectivity index is 1.88. The first-order chi connectivity index (χ1) is 12.9. The minimum absolute atomic E-state index is 0.140. The molecular weight excluding hydrogens is 357 g/mol. The lowest BCUT2D eigenvalue weighted by Crippen LogP contribution is -2.65. The molecule has 7 nitrogen and oxygen atoms in total. The van der Waals surface area contributed by atoms with Gasteiger partial charge in [0.25, 0.3) is 5.91 Å². The van der Waals surface area contributed by atoms with Gasteiger partial charge in [-0.25, -0.2) is 4.39 Å². The lowest BCUT2D eigenvalue weighted by molar-refractivity contribution is -0.195. The fourth-order valence-electron chi connectivity index (χ4n) is 3.71. The summed E-state index contributed by atoms with van der Waals surface area (Å²) in [5.41, 5.74) is 0.847. The van der Waals surface area contributed by atoms with Gasteiger partial charge in [-0.2, -0.15) is 0 Å². The van der Waals surface area contributed by atoms with Crippen molar-refractivity contribution in [2.24, 2.45) is 0 Å². The Bertz CT molecular complexity index is 711. The molecule has 1 aromatic rings. The monoisotopic (exact) mass is 379 g/mol. The minimum atomic E-state index is -2.03. The Morgan fingerprint density at radius 3 is 2.41 bits per heavy atom. The van der Waals surface area contributed by atoms with Crippen LogP contribution in [0.15, 0.2) is 30.3 Å². The zero-order valence-electron chi connectivity index (χ0n) is 15.2. The number of halogens is 1. The van der Waals surface area contributed by atoms with Crippen molar-refractivity contribution >= 4 is 17.8 Å². The van der Waals surface area contributed by atoms with Crippen molar-refractivity contribution in [3.05, 3.63) is 35.9 Å². The minimum Gasteiger partial charge on any atom is -0.460 e. The highest BCUT2D eigenvalue weighted by Crippen LogP contribution is 2.35. The van der Waals surface area contributed by atoms with E-state index in [0.717, 1.165) is 12.5 Å². The first-order valence-electron chi connectivity index (χ1n) is 8.83. The Morgan fingerprint density at radius 2 is 1.78 bits per heavy atom. The maximum atomic E-state index is 14.7. The van der Waals surface area contributed by atoms with Gasteiger partial charge in [0.1, 0.15) is 12.2 Å². The van der Waals surface area contributed by atoms with E-state index in [2.05, 4.69) is 0 Å². The van der Waals surface area contributed by atoms with Crippen LogP contribution in [-0.2, 0) is 35.2 Å². The van der Waals surface area contributed by atoms with Crippen LogP contribution in [0.4, 0.5) is 4.39 Å². The molecule has 3 rings (SSSR count). The number of hydrogen-bond donors (Lipinski definition) is 0. The summed E-state index contributed by atoms with van der Waals surface area (Å²) in [6.07, 6.45) is -4.63. The van der Waals surface area contributed by atoms with Crippen molar-refractivity contribution in [3.63, 3.8) is 0 Å². The predicted octanol–water partition coefficient (Wildman–Crippen LogP) is 1.39. The van der Waals surface area contributed by atoms with Gasteiger partial charge in [-0.15, -0.1) is 0 Å². The number of nitrogens with zero attached hydrogens (tertiary/aromatic N) is 1. The molecule has 0 N–H and O–H groups in total. The molecule has 0 saturated carbocycles. The zero-order valence-corrected chi connectivity index (χ0v) is 15.2. The Morgan fingerprint density at radius 1 is 1.11 bits per heavy atom. The predicted molar refractivity (Wildman–Crippen MR) is 91.1 cm³/mol. The molecule has 2 aliphatic rings. The molecule has 2 heterocycles. The largest absolute Gasteiger partial charge is 0.460 e. The topological polar surface area (TPSA) is 82.1 Å². The first-order valence-corrected chi connectivity index (χ1v) is 8.83. The number of carbonyl (C=O) groups excluding carboxylic acids is 3. The van der Waals surface area contributed by atoms with E-state index in [1.807, 2.05) is 30.3 Å². The van der Waals surface area contributed by atoms with Crippen molar-refractivity contribution in [2.75, 3.05) is 6.54 Å². The summed E-state index contributed by atoms with van der Waals surface area (Å²) in [5.74, 6) is -1.98. The van der Waals surface area contributed by atoms with Crippen LogP contribution < -0.4 is 0 Å². The summed E-state index contributed by atoms with van der Waals surface area (Å²) in [6, 6.07) is 8.52. The van der Waals surface area contributed by atoms with E-state index in [1.165, 1.54) is 11.8 Å². The van der Waals surface area contributed by atoms with Crippen LogP contribution in [0.25, 0.3) is 0 Å². The van der Waals surface area contributed by atoms with Crippen LogP contribution in [0.5, 0.6) is 0 Å². The van der Waals surface area contributed by atoms with Gasteiger partial charge in [0.05, 0.1) is 12.6 Å². The number of ether oxygens (including phenoxy) is 3. The second kappa shape index (κ2) is 8.04. The van der Waals surface area contributed by atoms with Crippen molar-refractivity contribution < 1.29 is 33.0 Å². The summed E-state index contributed by atoms with van der Waals surface area (Å²) in [7, 11) is 0. The van der Waals surface area contributed by atoms with Crippen molar-refractivity contribution in [1.29, 1.82) is 0 Å². The highest BCUT2D eigenvalue weighted by molar-refractivity contribution is 5.84. The number of amides is 1. The molecule has 0 aliphatic carbocycles. The fourth-order valence-corrected chi connectivity index (χ4v) is 3.71. The Kier molecular flexibility index (Phi) is 5.74. The van der Waals surface area contributed by atoms with E-state index >= 15 is 0 Å². The number of fused-ring (bicyclic) bond motifs is 1. The van der Waals surface area contributed by atoms with Crippen molar-refractivity contribution in [2.45, 2.75) is 57.4 Å². The Labute approximate surface area is 156 Å². The molecule has 1 aromatic carbocycles. The molecule has 8 heteroatoms. The summed E-state index contributed by atoms with van der Waals surface area (Å²) >= 11 is 0. The van der Waals surface area contributed by atoms with Crippen LogP contribution in [0, 0.1) is 0 Å². The van der Waals surface area contributed by atoms with Gasteiger partial charge in [0.2, 0.25) is 6.17 Å². The molecule has 0 bridgehead atoms. The first kappa shape index (κ1) is 19.3. The van der Waals surface area contributed by atoms with Gasteiger partial charge in [-0.05, 0) is 5.56 Å². The van der Waals surface area contributed by atoms with Gasteiger partial charge in [-0.1, -0.05) is 30.3 Å². The molecule has 0 aromatic heterocycles. The number of esters is 2. The molecule has 1 amide bonds. The van der Waals surface area contributed by atoms with Crippen LogP contribution in [0.1, 0.15) is 25.8 Å². The van der Waals surface area contributed by atoms with Crippen LogP contribution in [-0.4, -0.2) is 59.8 Å². The lowest BCUT2D eigenvalue weighted by Gasteiger charge is -2.43. The molecule has 0 radical (unpaired) electrons. The highest BCUT2D eigenvalue weighted by Gasteiger charge is 2.57. The third-order valence-electron chi connectivity index (χ3n) is 4.77. The third kappa shape index (κ3) is 4.10. The van der Waals surface area contributed by atoms with E-state index in [0.29, 0.717) is 6.42 Å². The van der Waals surface area contributed by atoms with Crippen LogP contribution >= 0.6 is 0 Å². The average molecular weight is 379 g/mol. The fraction of sp³-hybridized carbons (Fsp3) is 0.526. The molecule has 2 aliphatic heterocycles. The zero-order chi connectivity index (χ0) is 19.6. The van der Waals surface area contributed by atoms with E-state index in [4.69, 9.17) is 14.2 Å². The summed E-state index contributed by atoms with van der Waals surface area (Å²) in [4.78, 5) is 36.7. The second-order valence-electron chi connectivity index (χ2n) is 6.70. The SMILES string of the molecule is CC(=O)O[C@H]1[C@H](OCc2ccccc2)[C@H]2[C@@H](OC(C)=O)CCN2C(=O)[C@@H]1F. The number of alkyl halides is 1. The van der Waals surface area contributed by atoms with Crippen LogP contribution in [0.2, 0.25) is 0 Å². The van der Waals surface area contributed by atoms with Gasteiger partial charge >= 0.3 is 11.9 Å². The van der Waals surface area contributed by atoms with E-state index in [9.17, 15) is 18.8 Å². The molecule has 0 spiro atoms. The molecule has 146 valence electrons. The Hall–Kier alpha value is -2.48. The number of benzene rings is 1. The molecule has 0 unspecified atom stereocenters. The van der Waals surface area contributed by atoms with Crippen molar-refractivity contribution in [1.82, 2.24) is 4.90 Å². The summed E-state index contributed by atoms with van der Waals surface area (Å²) < 4.78 is 31.1. The molecule has 27 heavy (non-hydrogen) atoms. The normalized spacial score (nSPS) is 30.0. The molecule has 2 fully saturated rings. The van der Waals surface area contributed by atoms with Crippen molar-refractivity contribution in [3.8, 4) is 0 Å². The number of rotatable bonds is 5.